The molecular formula is C19H29N3O3. The lowest BCUT2D eigenvalue weighted by Crippen LogP contribution is -2.37. The third kappa shape index (κ3) is 6.38. The van der Waals surface area contributed by atoms with Crippen LogP contribution in [0.3, 0.4) is 0 Å². The molecule has 1 aromatic rings. The normalized spacial score (nSPS) is 14.8. The van der Waals surface area contributed by atoms with E-state index in [0.29, 0.717) is 19.5 Å². The van der Waals surface area contributed by atoms with Gasteiger partial charge in [-0.15, -0.1) is 0 Å². The lowest BCUT2D eigenvalue weighted by Gasteiger charge is -2.21. The number of aliphatic hydroxyl groups excluding tert-OH is 1. The van der Waals surface area contributed by atoms with Gasteiger partial charge in [-0.1, -0.05) is 31.4 Å². The summed E-state index contributed by atoms with van der Waals surface area (Å²) in [6.45, 7) is 0.982. The van der Waals surface area contributed by atoms with Crippen molar-refractivity contribution in [2.45, 2.75) is 45.1 Å². The molecule has 3 N–H and O–H groups in total. The zero-order valence-corrected chi connectivity index (χ0v) is 15.0. The molecule has 25 heavy (non-hydrogen) atoms. The van der Waals surface area contributed by atoms with Crippen molar-refractivity contribution >= 4 is 17.6 Å². The topological polar surface area (TPSA) is 81.7 Å². The summed E-state index contributed by atoms with van der Waals surface area (Å²) in [5.74, 6) is 0.224. The number of benzene rings is 1. The predicted molar refractivity (Wildman–Crippen MR) is 98.2 cm³/mol. The van der Waals surface area contributed by atoms with Gasteiger partial charge < -0.3 is 20.6 Å². The predicted octanol–water partition coefficient (Wildman–Crippen LogP) is 2.73. The zero-order chi connectivity index (χ0) is 18.1. The Morgan fingerprint density at radius 3 is 2.72 bits per heavy atom. The van der Waals surface area contributed by atoms with Crippen LogP contribution in [0, 0.1) is 5.92 Å². The first-order valence-electron chi connectivity index (χ1n) is 9.10. The molecule has 0 heterocycles. The maximum absolute atomic E-state index is 12.3. The Kier molecular flexibility index (Phi) is 7.73. The number of carbonyl (C=O) groups excluding carboxylic acids is 2. The minimum atomic E-state index is -0.176. The minimum Gasteiger partial charge on any atom is -0.396 e. The number of nitrogens with zero attached hydrogens (tertiary/aromatic N) is 1. The summed E-state index contributed by atoms with van der Waals surface area (Å²) < 4.78 is 0. The molecule has 1 aromatic carbocycles. The molecule has 138 valence electrons. The summed E-state index contributed by atoms with van der Waals surface area (Å²) in [4.78, 5) is 25.8. The van der Waals surface area contributed by atoms with Crippen LogP contribution in [0.15, 0.2) is 24.3 Å². The van der Waals surface area contributed by atoms with Gasteiger partial charge in [0, 0.05) is 38.3 Å². The number of urea groups is 1. The van der Waals surface area contributed by atoms with Crippen LogP contribution >= 0.6 is 0 Å². The number of aliphatic hydroxyl groups is 1. The van der Waals surface area contributed by atoms with Crippen molar-refractivity contribution in [2.75, 3.05) is 25.5 Å². The van der Waals surface area contributed by atoms with Crippen molar-refractivity contribution in [2.24, 2.45) is 5.92 Å². The molecule has 0 unspecified atom stereocenters. The van der Waals surface area contributed by atoms with E-state index in [9.17, 15) is 9.59 Å². The van der Waals surface area contributed by atoms with Crippen LogP contribution in [0.25, 0.3) is 0 Å². The molecule has 6 heteroatoms. The smallest absolute Gasteiger partial charge is 0.317 e. The Bertz CT molecular complexity index is 571. The number of carbonyl (C=O) groups is 2. The van der Waals surface area contributed by atoms with Crippen LogP contribution in [-0.2, 0) is 11.3 Å². The molecule has 0 radical (unpaired) electrons. The van der Waals surface area contributed by atoms with E-state index in [2.05, 4.69) is 10.6 Å². The molecule has 6 nitrogen and oxygen atoms in total. The van der Waals surface area contributed by atoms with Crippen LogP contribution < -0.4 is 10.6 Å². The fourth-order valence-electron chi connectivity index (χ4n) is 3.09. The highest BCUT2D eigenvalue weighted by Crippen LogP contribution is 2.25. The van der Waals surface area contributed by atoms with Gasteiger partial charge in [0.1, 0.15) is 0 Å². The van der Waals surface area contributed by atoms with Crippen LogP contribution in [0.5, 0.6) is 0 Å². The van der Waals surface area contributed by atoms with Gasteiger partial charge in [0.15, 0.2) is 0 Å². The monoisotopic (exact) mass is 347 g/mol. The van der Waals surface area contributed by atoms with E-state index >= 15 is 0 Å². The summed E-state index contributed by atoms with van der Waals surface area (Å²) in [6.07, 6.45) is 6.00. The van der Waals surface area contributed by atoms with Crippen molar-refractivity contribution in [3.8, 4) is 0 Å². The molecule has 2 rings (SSSR count). The van der Waals surface area contributed by atoms with E-state index in [-0.39, 0.29) is 24.5 Å². The quantitative estimate of drug-likeness (QED) is 0.709. The molecule has 0 aromatic heterocycles. The lowest BCUT2D eigenvalue weighted by atomic mass is 9.88. The molecule has 3 amide bonds. The SMILES string of the molecule is CN(CCCO)C(=O)NCc1cccc(NC(=O)C2CCCCC2)c1. The van der Waals surface area contributed by atoms with Crippen LogP contribution in [-0.4, -0.2) is 42.1 Å². The maximum atomic E-state index is 12.3. The molecule has 0 bridgehead atoms. The molecule has 0 spiro atoms. The van der Waals surface area contributed by atoms with Gasteiger partial charge in [0.05, 0.1) is 0 Å². The van der Waals surface area contributed by atoms with E-state index in [1.54, 1.807) is 11.9 Å². The second-order valence-electron chi connectivity index (χ2n) is 6.68. The summed E-state index contributed by atoms with van der Waals surface area (Å²) in [7, 11) is 1.70. The Labute approximate surface area is 149 Å². The molecule has 1 saturated carbocycles. The molecule has 1 aliphatic carbocycles. The zero-order valence-electron chi connectivity index (χ0n) is 15.0. The summed E-state index contributed by atoms with van der Waals surface area (Å²) >= 11 is 0. The molecule has 0 saturated heterocycles. The van der Waals surface area contributed by atoms with E-state index in [0.717, 1.165) is 36.9 Å². The van der Waals surface area contributed by atoms with Gasteiger partial charge in [-0.05, 0) is 37.0 Å². The largest absolute Gasteiger partial charge is 0.396 e. The van der Waals surface area contributed by atoms with Crippen molar-refractivity contribution in [1.82, 2.24) is 10.2 Å². The summed E-state index contributed by atoms with van der Waals surface area (Å²) in [5, 5.41) is 14.7. The first-order valence-corrected chi connectivity index (χ1v) is 9.10. The van der Waals surface area contributed by atoms with Crippen LogP contribution in [0.2, 0.25) is 0 Å². The second kappa shape index (κ2) is 10.0. The highest BCUT2D eigenvalue weighted by Gasteiger charge is 2.21. The lowest BCUT2D eigenvalue weighted by molar-refractivity contribution is -0.120. The van der Waals surface area contributed by atoms with Crippen LogP contribution in [0.1, 0.15) is 44.1 Å². The number of anilines is 1. The molecule has 1 fully saturated rings. The van der Waals surface area contributed by atoms with Crippen molar-refractivity contribution in [1.29, 1.82) is 0 Å². The summed E-state index contributed by atoms with van der Waals surface area (Å²) in [6, 6.07) is 7.40. The average molecular weight is 347 g/mol. The summed E-state index contributed by atoms with van der Waals surface area (Å²) in [5.41, 5.74) is 1.71. The van der Waals surface area contributed by atoms with Gasteiger partial charge in [-0.25, -0.2) is 4.79 Å². The third-order valence-corrected chi connectivity index (χ3v) is 4.61. The van der Waals surface area contributed by atoms with Gasteiger partial charge in [-0.3, -0.25) is 4.79 Å². The number of hydrogen-bond donors (Lipinski definition) is 3. The average Bonchev–Trinajstić information content (AvgIpc) is 2.65. The number of amides is 3. The number of hydrogen-bond acceptors (Lipinski definition) is 3. The molecule has 0 atom stereocenters. The Morgan fingerprint density at radius 2 is 2.00 bits per heavy atom. The van der Waals surface area contributed by atoms with Gasteiger partial charge in [-0.2, -0.15) is 0 Å². The first kappa shape index (κ1) is 19.2. The van der Waals surface area contributed by atoms with E-state index < -0.39 is 0 Å². The highest BCUT2D eigenvalue weighted by atomic mass is 16.3. The van der Waals surface area contributed by atoms with E-state index in [1.807, 2.05) is 24.3 Å². The second-order valence-corrected chi connectivity index (χ2v) is 6.68. The molecular weight excluding hydrogens is 318 g/mol. The number of nitrogens with one attached hydrogen (secondary N) is 2. The number of rotatable bonds is 7. The Balaban J connectivity index is 1.83. The Hall–Kier alpha value is -2.08. The van der Waals surface area contributed by atoms with Gasteiger partial charge >= 0.3 is 6.03 Å². The standard InChI is InChI=1S/C19H29N3O3/c1-22(11-6-12-23)19(25)20-14-15-7-5-10-17(13-15)21-18(24)16-8-3-2-4-9-16/h5,7,10,13,16,23H,2-4,6,8-9,11-12,14H2,1H3,(H,20,25)(H,21,24). The van der Waals surface area contributed by atoms with E-state index in [4.69, 9.17) is 5.11 Å². The van der Waals surface area contributed by atoms with Crippen molar-refractivity contribution in [3.05, 3.63) is 29.8 Å². The van der Waals surface area contributed by atoms with Gasteiger partial charge in [0.25, 0.3) is 0 Å². The fraction of sp³-hybridized carbons (Fsp3) is 0.579. The third-order valence-electron chi connectivity index (χ3n) is 4.61. The molecule has 1 aliphatic rings. The highest BCUT2D eigenvalue weighted by molar-refractivity contribution is 5.92. The van der Waals surface area contributed by atoms with Gasteiger partial charge in [0.2, 0.25) is 5.91 Å². The van der Waals surface area contributed by atoms with E-state index in [1.165, 1.54) is 6.42 Å². The maximum Gasteiger partial charge on any atom is 0.317 e. The van der Waals surface area contributed by atoms with Crippen molar-refractivity contribution < 1.29 is 14.7 Å². The first-order chi connectivity index (χ1) is 12.1. The minimum absolute atomic E-state index is 0.0698. The molecule has 0 aliphatic heterocycles. The van der Waals surface area contributed by atoms with Crippen molar-refractivity contribution in [3.63, 3.8) is 0 Å². The fourth-order valence-corrected chi connectivity index (χ4v) is 3.09. The van der Waals surface area contributed by atoms with Crippen LogP contribution in [0.4, 0.5) is 10.5 Å². The Morgan fingerprint density at radius 1 is 1.24 bits per heavy atom.